The highest BCUT2D eigenvalue weighted by Crippen LogP contribution is 2.27. The molecule has 0 radical (unpaired) electrons. The van der Waals surface area contributed by atoms with Crippen LogP contribution >= 0.6 is 0 Å². The molecule has 0 saturated carbocycles. The van der Waals surface area contributed by atoms with Crippen molar-refractivity contribution >= 4 is 11.0 Å². The van der Waals surface area contributed by atoms with Crippen molar-refractivity contribution in [3.05, 3.63) is 42.5 Å². The van der Waals surface area contributed by atoms with E-state index in [4.69, 9.17) is 4.74 Å². The lowest BCUT2D eigenvalue weighted by molar-refractivity contribution is 0.415. The fraction of sp³-hybridized carbons (Fsp3) is 0.133. The molecule has 4 nitrogen and oxygen atoms in total. The minimum atomic E-state index is 0.254. The van der Waals surface area contributed by atoms with E-state index >= 15 is 0 Å². The number of rotatable bonds is 2. The Bertz CT molecular complexity index is 730. The predicted molar refractivity (Wildman–Crippen MR) is 74.4 cm³/mol. The third kappa shape index (κ3) is 1.91. The first kappa shape index (κ1) is 11.6. The molecule has 0 fully saturated rings. The van der Waals surface area contributed by atoms with Gasteiger partial charge in [0.15, 0.2) is 0 Å². The maximum Gasteiger partial charge on any atom is 0.140 e. The van der Waals surface area contributed by atoms with Crippen LogP contribution in [0.4, 0.5) is 0 Å². The maximum atomic E-state index is 9.34. The molecule has 1 N–H and O–H groups in total. The van der Waals surface area contributed by atoms with Gasteiger partial charge in [0.05, 0.1) is 18.1 Å². The van der Waals surface area contributed by atoms with Crippen molar-refractivity contribution in [1.82, 2.24) is 9.55 Å². The van der Waals surface area contributed by atoms with Crippen LogP contribution in [0.25, 0.3) is 22.4 Å². The number of aromatic hydroxyl groups is 1. The van der Waals surface area contributed by atoms with Crippen LogP contribution in [0.1, 0.15) is 0 Å². The molecule has 0 aliphatic carbocycles. The van der Waals surface area contributed by atoms with Gasteiger partial charge in [0.25, 0.3) is 0 Å². The monoisotopic (exact) mass is 254 g/mol. The number of hydrogen-bond donors (Lipinski definition) is 1. The Morgan fingerprint density at radius 1 is 1.11 bits per heavy atom. The second-order valence-electron chi connectivity index (χ2n) is 4.40. The van der Waals surface area contributed by atoms with Crippen molar-refractivity contribution < 1.29 is 9.84 Å². The number of ether oxygens (including phenoxy) is 1. The van der Waals surface area contributed by atoms with E-state index < -0.39 is 0 Å². The average molecular weight is 254 g/mol. The Balaban J connectivity index is 2.19. The zero-order valence-corrected chi connectivity index (χ0v) is 10.8. The summed E-state index contributed by atoms with van der Waals surface area (Å²) in [5.74, 6) is 1.91. The number of phenols is 1. The molecule has 96 valence electrons. The predicted octanol–water partition coefficient (Wildman–Crippen LogP) is 2.95. The maximum absolute atomic E-state index is 9.34. The molecule has 3 aromatic rings. The van der Waals surface area contributed by atoms with Crippen LogP contribution in [-0.4, -0.2) is 21.8 Å². The van der Waals surface area contributed by atoms with Crippen LogP contribution in [-0.2, 0) is 7.05 Å². The highest BCUT2D eigenvalue weighted by molar-refractivity contribution is 5.81. The van der Waals surface area contributed by atoms with Gasteiger partial charge in [-0.05, 0) is 36.4 Å². The lowest BCUT2D eigenvalue weighted by atomic mass is 10.2. The molecular formula is C15H14N2O2. The van der Waals surface area contributed by atoms with E-state index in [9.17, 15) is 5.11 Å². The van der Waals surface area contributed by atoms with Crippen LogP contribution in [0.5, 0.6) is 11.5 Å². The highest BCUT2D eigenvalue weighted by Gasteiger charge is 2.10. The van der Waals surface area contributed by atoms with Gasteiger partial charge in [-0.2, -0.15) is 0 Å². The fourth-order valence-electron chi connectivity index (χ4n) is 2.18. The number of benzene rings is 2. The van der Waals surface area contributed by atoms with Crippen molar-refractivity contribution in [2.45, 2.75) is 0 Å². The molecule has 0 atom stereocenters. The summed E-state index contributed by atoms with van der Waals surface area (Å²) in [6.45, 7) is 0. The SMILES string of the molecule is COc1ccc2c(c1)nc(-c1ccc(O)cc1)n2C. The molecule has 0 aliphatic heterocycles. The molecule has 1 aromatic heterocycles. The van der Waals surface area contributed by atoms with Gasteiger partial charge in [-0.25, -0.2) is 4.98 Å². The third-order valence-corrected chi connectivity index (χ3v) is 3.21. The highest BCUT2D eigenvalue weighted by atomic mass is 16.5. The minimum Gasteiger partial charge on any atom is -0.508 e. The van der Waals surface area contributed by atoms with E-state index in [-0.39, 0.29) is 5.75 Å². The summed E-state index contributed by atoms with van der Waals surface area (Å²) in [4.78, 5) is 4.62. The van der Waals surface area contributed by atoms with E-state index in [1.54, 1.807) is 19.2 Å². The average Bonchev–Trinajstić information content (AvgIpc) is 2.76. The number of fused-ring (bicyclic) bond motifs is 1. The van der Waals surface area contributed by atoms with Gasteiger partial charge in [-0.15, -0.1) is 0 Å². The smallest absolute Gasteiger partial charge is 0.140 e. The van der Waals surface area contributed by atoms with Crippen LogP contribution in [0.15, 0.2) is 42.5 Å². The molecule has 0 saturated heterocycles. The quantitative estimate of drug-likeness (QED) is 0.764. The summed E-state index contributed by atoms with van der Waals surface area (Å²) in [7, 11) is 3.62. The molecule has 19 heavy (non-hydrogen) atoms. The zero-order valence-electron chi connectivity index (χ0n) is 10.8. The van der Waals surface area contributed by atoms with Crippen molar-refractivity contribution in [3.63, 3.8) is 0 Å². The molecule has 2 aromatic carbocycles. The van der Waals surface area contributed by atoms with Gasteiger partial charge in [0.2, 0.25) is 0 Å². The number of aromatic nitrogens is 2. The third-order valence-electron chi connectivity index (χ3n) is 3.21. The molecule has 0 bridgehead atoms. The Hall–Kier alpha value is -2.49. The Morgan fingerprint density at radius 3 is 2.53 bits per heavy atom. The number of aryl methyl sites for hydroxylation is 1. The van der Waals surface area contributed by atoms with Gasteiger partial charge < -0.3 is 14.4 Å². The second kappa shape index (κ2) is 4.31. The molecule has 0 aliphatic rings. The van der Waals surface area contributed by atoms with E-state index in [1.807, 2.05) is 41.9 Å². The second-order valence-corrected chi connectivity index (χ2v) is 4.40. The minimum absolute atomic E-state index is 0.254. The van der Waals surface area contributed by atoms with Gasteiger partial charge in [0.1, 0.15) is 17.3 Å². The lowest BCUT2D eigenvalue weighted by Gasteiger charge is -2.02. The van der Waals surface area contributed by atoms with Gasteiger partial charge in [-0.3, -0.25) is 0 Å². The zero-order chi connectivity index (χ0) is 13.4. The fourth-order valence-corrected chi connectivity index (χ4v) is 2.18. The number of methoxy groups -OCH3 is 1. The first-order valence-corrected chi connectivity index (χ1v) is 5.99. The number of nitrogens with zero attached hydrogens (tertiary/aromatic N) is 2. The summed E-state index contributed by atoms with van der Waals surface area (Å²) in [5, 5.41) is 9.34. The summed E-state index contributed by atoms with van der Waals surface area (Å²) in [5.41, 5.74) is 2.91. The Kier molecular flexibility index (Phi) is 2.63. The van der Waals surface area contributed by atoms with Crippen LogP contribution in [0.2, 0.25) is 0 Å². The largest absolute Gasteiger partial charge is 0.508 e. The van der Waals surface area contributed by atoms with E-state index in [0.717, 1.165) is 28.2 Å². The van der Waals surface area contributed by atoms with E-state index in [1.165, 1.54) is 0 Å². The van der Waals surface area contributed by atoms with Crippen molar-refractivity contribution in [2.24, 2.45) is 7.05 Å². The summed E-state index contributed by atoms with van der Waals surface area (Å²) in [6.07, 6.45) is 0. The van der Waals surface area contributed by atoms with Gasteiger partial charge in [-0.1, -0.05) is 0 Å². The molecule has 0 amide bonds. The normalized spacial score (nSPS) is 10.8. The standard InChI is InChI=1S/C15H14N2O2/c1-17-14-8-7-12(19-2)9-13(14)16-15(17)10-3-5-11(18)6-4-10/h3-9,18H,1-2H3. The van der Waals surface area contributed by atoms with E-state index in [2.05, 4.69) is 4.98 Å². The number of hydrogen-bond acceptors (Lipinski definition) is 3. The molecule has 0 unspecified atom stereocenters. The Morgan fingerprint density at radius 2 is 1.84 bits per heavy atom. The van der Waals surface area contributed by atoms with Crippen molar-refractivity contribution in [3.8, 4) is 22.9 Å². The van der Waals surface area contributed by atoms with Gasteiger partial charge in [0, 0.05) is 18.7 Å². The van der Waals surface area contributed by atoms with Crippen LogP contribution < -0.4 is 4.74 Å². The number of imidazole rings is 1. The summed E-state index contributed by atoms with van der Waals surface area (Å²) in [6, 6.07) is 12.9. The first-order valence-electron chi connectivity index (χ1n) is 5.99. The Labute approximate surface area is 110 Å². The topological polar surface area (TPSA) is 47.3 Å². The van der Waals surface area contributed by atoms with Crippen LogP contribution in [0.3, 0.4) is 0 Å². The molecule has 4 heteroatoms. The molecule has 0 spiro atoms. The molecular weight excluding hydrogens is 240 g/mol. The van der Waals surface area contributed by atoms with Crippen LogP contribution in [0, 0.1) is 0 Å². The summed E-state index contributed by atoms with van der Waals surface area (Å²) >= 11 is 0. The molecule has 1 heterocycles. The summed E-state index contributed by atoms with van der Waals surface area (Å²) < 4.78 is 7.24. The van der Waals surface area contributed by atoms with Gasteiger partial charge >= 0.3 is 0 Å². The van der Waals surface area contributed by atoms with Crippen molar-refractivity contribution in [2.75, 3.05) is 7.11 Å². The van der Waals surface area contributed by atoms with E-state index in [0.29, 0.717) is 0 Å². The lowest BCUT2D eigenvalue weighted by Crippen LogP contribution is -1.92. The number of phenolic OH excluding ortho intramolecular Hbond substituents is 1. The molecule has 3 rings (SSSR count). The van der Waals surface area contributed by atoms with Crippen molar-refractivity contribution in [1.29, 1.82) is 0 Å². The first-order chi connectivity index (χ1) is 9.19.